The first-order valence-corrected chi connectivity index (χ1v) is 7.76. The van der Waals surface area contributed by atoms with Gasteiger partial charge in [-0.25, -0.2) is 9.37 Å². The minimum Gasteiger partial charge on any atom is -0.466 e. The van der Waals surface area contributed by atoms with E-state index in [1.54, 1.807) is 12.1 Å². The second-order valence-electron chi connectivity index (χ2n) is 5.85. The van der Waals surface area contributed by atoms with E-state index < -0.39 is 6.10 Å². The molecule has 3 nitrogen and oxygen atoms in total. The first-order chi connectivity index (χ1) is 10.5. The van der Waals surface area contributed by atoms with Crippen LogP contribution in [0, 0.1) is 0 Å². The highest BCUT2D eigenvalue weighted by atomic mass is 35.5. The van der Waals surface area contributed by atoms with Gasteiger partial charge in [0.15, 0.2) is 11.9 Å². The van der Waals surface area contributed by atoms with Crippen LogP contribution in [-0.4, -0.2) is 16.9 Å². The Hall–Kier alpha value is -1.68. The van der Waals surface area contributed by atoms with Gasteiger partial charge in [0.2, 0.25) is 5.88 Å². The Kier molecular flexibility index (Phi) is 4.04. The predicted octanol–water partition coefficient (Wildman–Crippen LogP) is 4.44. The van der Waals surface area contributed by atoms with Gasteiger partial charge in [0.1, 0.15) is 11.0 Å². The normalized spacial score (nSPS) is 21.1. The number of carbonyl (C=O) groups is 1. The molecular weight excluding hydrogens is 305 g/mol. The number of aromatic nitrogens is 1. The molecule has 1 unspecified atom stereocenters. The first kappa shape index (κ1) is 15.2. The Balaban J connectivity index is 2.08. The van der Waals surface area contributed by atoms with Gasteiger partial charge in [-0.1, -0.05) is 17.2 Å². The maximum Gasteiger partial charge on any atom is 0.219 e. The number of ketones is 1. The molecule has 0 aromatic carbocycles. The SMILES string of the molecule is CC(=O)C1CCc2c(C3=C(F)C=C(C)CC3)cc(Cl)nc2O1. The molecule has 0 saturated heterocycles. The van der Waals surface area contributed by atoms with Crippen molar-refractivity contribution in [1.82, 2.24) is 4.98 Å². The number of halogens is 2. The molecule has 0 N–H and O–H groups in total. The van der Waals surface area contributed by atoms with Gasteiger partial charge in [-0.05, 0) is 62.8 Å². The van der Waals surface area contributed by atoms with E-state index >= 15 is 0 Å². The molecule has 1 aliphatic heterocycles. The predicted molar refractivity (Wildman–Crippen MR) is 83.7 cm³/mol. The molecule has 116 valence electrons. The number of pyridine rings is 1. The average Bonchev–Trinajstić information content (AvgIpc) is 2.45. The molecule has 1 aromatic rings. The zero-order valence-corrected chi connectivity index (χ0v) is 13.3. The van der Waals surface area contributed by atoms with Gasteiger partial charge < -0.3 is 4.74 Å². The Morgan fingerprint density at radius 1 is 1.41 bits per heavy atom. The van der Waals surface area contributed by atoms with E-state index in [1.807, 2.05) is 6.92 Å². The summed E-state index contributed by atoms with van der Waals surface area (Å²) >= 11 is 6.07. The van der Waals surface area contributed by atoms with Gasteiger partial charge in [0, 0.05) is 5.56 Å². The summed E-state index contributed by atoms with van der Waals surface area (Å²) in [4.78, 5) is 15.7. The van der Waals surface area contributed by atoms with Crippen LogP contribution in [0.3, 0.4) is 0 Å². The highest BCUT2D eigenvalue weighted by Gasteiger charge is 2.28. The zero-order valence-electron chi connectivity index (χ0n) is 12.6. The molecule has 0 spiro atoms. The van der Waals surface area contributed by atoms with Crippen molar-refractivity contribution in [2.75, 3.05) is 0 Å². The Labute approximate surface area is 133 Å². The third-order valence-corrected chi connectivity index (χ3v) is 4.37. The second-order valence-corrected chi connectivity index (χ2v) is 6.24. The maximum atomic E-state index is 14.3. The van der Waals surface area contributed by atoms with E-state index in [9.17, 15) is 9.18 Å². The fraction of sp³-hybridized carbons (Fsp3) is 0.412. The van der Waals surface area contributed by atoms with Crippen LogP contribution in [0.2, 0.25) is 5.15 Å². The van der Waals surface area contributed by atoms with Crippen molar-refractivity contribution in [3.8, 4) is 5.88 Å². The van der Waals surface area contributed by atoms with Crippen LogP contribution in [0.4, 0.5) is 4.39 Å². The number of fused-ring (bicyclic) bond motifs is 1. The second kappa shape index (κ2) is 5.84. The van der Waals surface area contributed by atoms with E-state index in [0.29, 0.717) is 30.7 Å². The molecule has 22 heavy (non-hydrogen) atoms. The van der Waals surface area contributed by atoms with Crippen LogP contribution < -0.4 is 4.74 Å². The Bertz CT molecular complexity index is 709. The summed E-state index contributed by atoms with van der Waals surface area (Å²) in [6.45, 7) is 3.42. The monoisotopic (exact) mass is 321 g/mol. The number of Topliss-reactive ketones (excluding diaryl/α,β-unsaturated/α-hetero) is 1. The summed E-state index contributed by atoms with van der Waals surface area (Å²) in [6.07, 6.45) is 3.77. The fourth-order valence-electron chi connectivity index (χ4n) is 2.96. The van der Waals surface area contributed by atoms with Crippen molar-refractivity contribution in [2.45, 2.75) is 45.6 Å². The van der Waals surface area contributed by atoms with Gasteiger partial charge in [-0.3, -0.25) is 4.79 Å². The van der Waals surface area contributed by atoms with Crippen molar-refractivity contribution in [3.63, 3.8) is 0 Å². The van der Waals surface area contributed by atoms with E-state index in [-0.39, 0.29) is 16.8 Å². The van der Waals surface area contributed by atoms with E-state index in [2.05, 4.69) is 4.98 Å². The number of allylic oxidation sites excluding steroid dienone is 4. The standard InChI is InChI=1S/C17H17ClFNO2/c1-9-3-4-11(14(19)7-9)13-8-16(18)20-17-12(13)5-6-15(22-17)10(2)21/h7-8,15H,3-6H2,1-2H3. The summed E-state index contributed by atoms with van der Waals surface area (Å²) in [5.74, 6) is 0.109. The number of nitrogens with zero attached hydrogens (tertiary/aromatic N) is 1. The largest absolute Gasteiger partial charge is 0.466 e. The fourth-order valence-corrected chi connectivity index (χ4v) is 3.15. The number of hydrogen-bond acceptors (Lipinski definition) is 3. The number of carbonyl (C=O) groups excluding carboxylic acids is 1. The summed E-state index contributed by atoms with van der Waals surface area (Å²) in [5, 5.41) is 0.254. The minimum absolute atomic E-state index is 0.0319. The van der Waals surface area contributed by atoms with Gasteiger partial charge in [-0.15, -0.1) is 0 Å². The van der Waals surface area contributed by atoms with Crippen molar-refractivity contribution in [1.29, 1.82) is 0 Å². The summed E-state index contributed by atoms with van der Waals surface area (Å²) < 4.78 is 20.0. The quantitative estimate of drug-likeness (QED) is 0.756. The summed E-state index contributed by atoms with van der Waals surface area (Å²) in [7, 11) is 0. The molecule has 2 aliphatic rings. The van der Waals surface area contributed by atoms with Gasteiger partial charge in [0.05, 0.1) is 0 Å². The number of rotatable bonds is 2. The van der Waals surface area contributed by atoms with Crippen LogP contribution in [0.15, 0.2) is 23.5 Å². The lowest BCUT2D eigenvalue weighted by Crippen LogP contribution is -2.30. The van der Waals surface area contributed by atoms with Crippen molar-refractivity contribution >= 4 is 23.0 Å². The lowest BCUT2D eigenvalue weighted by Gasteiger charge is -2.26. The lowest BCUT2D eigenvalue weighted by molar-refractivity contribution is -0.124. The molecule has 0 radical (unpaired) electrons. The lowest BCUT2D eigenvalue weighted by atomic mass is 9.88. The maximum absolute atomic E-state index is 14.3. The molecule has 0 amide bonds. The van der Waals surface area contributed by atoms with Gasteiger partial charge in [-0.2, -0.15) is 0 Å². The highest BCUT2D eigenvalue weighted by molar-refractivity contribution is 6.29. The molecule has 0 fully saturated rings. The number of ether oxygens (including phenoxy) is 1. The van der Waals surface area contributed by atoms with E-state index in [1.165, 1.54) is 6.92 Å². The van der Waals surface area contributed by atoms with Crippen molar-refractivity contribution in [2.24, 2.45) is 0 Å². The molecular formula is C17H17ClFNO2. The molecule has 1 aliphatic carbocycles. The van der Waals surface area contributed by atoms with Crippen LogP contribution >= 0.6 is 11.6 Å². The highest BCUT2D eigenvalue weighted by Crippen LogP contribution is 2.39. The van der Waals surface area contributed by atoms with Gasteiger partial charge >= 0.3 is 0 Å². The molecule has 2 heterocycles. The topological polar surface area (TPSA) is 39.2 Å². The molecule has 1 aromatic heterocycles. The van der Waals surface area contributed by atoms with Crippen LogP contribution in [0.1, 0.15) is 44.2 Å². The number of hydrogen-bond donors (Lipinski definition) is 0. The smallest absolute Gasteiger partial charge is 0.219 e. The molecule has 0 bridgehead atoms. The van der Waals surface area contributed by atoms with Crippen molar-refractivity contribution in [3.05, 3.63) is 39.8 Å². The van der Waals surface area contributed by atoms with Crippen LogP contribution in [0.25, 0.3) is 5.57 Å². The molecule has 0 saturated carbocycles. The van der Waals surface area contributed by atoms with E-state index in [0.717, 1.165) is 23.1 Å². The molecule has 5 heteroatoms. The summed E-state index contributed by atoms with van der Waals surface area (Å²) in [5.41, 5.74) is 3.29. The average molecular weight is 322 g/mol. The molecule has 3 rings (SSSR count). The minimum atomic E-state index is -0.487. The third kappa shape index (κ3) is 2.80. The van der Waals surface area contributed by atoms with Gasteiger partial charge in [0.25, 0.3) is 0 Å². The van der Waals surface area contributed by atoms with Crippen LogP contribution in [0.5, 0.6) is 5.88 Å². The Morgan fingerprint density at radius 3 is 2.86 bits per heavy atom. The first-order valence-electron chi connectivity index (χ1n) is 7.38. The third-order valence-electron chi connectivity index (χ3n) is 4.17. The zero-order chi connectivity index (χ0) is 15.9. The Morgan fingerprint density at radius 2 is 2.18 bits per heavy atom. The van der Waals surface area contributed by atoms with Crippen LogP contribution in [-0.2, 0) is 11.2 Å². The summed E-state index contributed by atoms with van der Waals surface area (Å²) in [6, 6.07) is 1.70. The van der Waals surface area contributed by atoms with E-state index in [4.69, 9.17) is 16.3 Å². The van der Waals surface area contributed by atoms with Crippen molar-refractivity contribution < 1.29 is 13.9 Å². The molecule has 1 atom stereocenters.